The SMILES string of the molecule is CCCCN(C)C(=O)c1cccc(F)c1NN. The molecule has 1 aromatic rings. The van der Waals surface area contributed by atoms with Gasteiger partial charge in [0.1, 0.15) is 5.82 Å². The van der Waals surface area contributed by atoms with E-state index < -0.39 is 5.82 Å². The summed E-state index contributed by atoms with van der Waals surface area (Å²) < 4.78 is 13.4. The van der Waals surface area contributed by atoms with Crippen LogP contribution in [0.1, 0.15) is 30.1 Å². The van der Waals surface area contributed by atoms with E-state index in [4.69, 9.17) is 5.84 Å². The lowest BCUT2D eigenvalue weighted by atomic mass is 10.1. The van der Waals surface area contributed by atoms with Gasteiger partial charge < -0.3 is 10.3 Å². The van der Waals surface area contributed by atoms with Crippen molar-refractivity contribution in [1.29, 1.82) is 0 Å². The molecule has 0 aromatic heterocycles. The lowest BCUT2D eigenvalue weighted by Gasteiger charge is -2.18. The van der Waals surface area contributed by atoms with Crippen LogP contribution in [0.25, 0.3) is 0 Å². The minimum absolute atomic E-state index is 0.0425. The molecule has 1 rings (SSSR count). The van der Waals surface area contributed by atoms with E-state index in [0.29, 0.717) is 6.54 Å². The third-order valence-corrected chi connectivity index (χ3v) is 2.58. The van der Waals surface area contributed by atoms with Crippen LogP contribution in [0, 0.1) is 5.82 Å². The van der Waals surface area contributed by atoms with Crippen molar-refractivity contribution in [3.05, 3.63) is 29.6 Å². The molecule has 1 amide bonds. The molecule has 4 nitrogen and oxygen atoms in total. The number of carbonyl (C=O) groups excluding carboxylic acids is 1. The Balaban J connectivity index is 2.92. The second-order valence-electron chi connectivity index (χ2n) is 3.89. The summed E-state index contributed by atoms with van der Waals surface area (Å²) in [7, 11) is 1.70. The zero-order valence-electron chi connectivity index (χ0n) is 10.2. The summed E-state index contributed by atoms with van der Waals surface area (Å²) in [6.45, 7) is 2.70. The quantitative estimate of drug-likeness (QED) is 0.610. The van der Waals surface area contributed by atoms with Gasteiger partial charge in [-0.15, -0.1) is 0 Å². The number of benzene rings is 1. The van der Waals surface area contributed by atoms with Gasteiger partial charge >= 0.3 is 0 Å². The number of para-hydroxylation sites is 1. The number of nitrogen functional groups attached to an aromatic ring is 1. The smallest absolute Gasteiger partial charge is 0.255 e. The second-order valence-corrected chi connectivity index (χ2v) is 3.89. The second kappa shape index (κ2) is 6.20. The number of hydrogen-bond donors (Lipinski definition) is 2. The molecule has 17 heavy (non-hydrogen) atoms. The molecular formula is C12H18FN3O. The molecular weight excluding hydrogens is 221 g/mol. The first kappa shape index (κ1) is 13.4. The van der Waals surface area contributed by atoms with Crippen LogP contribution in [0.4, 0.5) is 10.1 Å². The monoisotopic (exact) mass is 239 g/mol. The molecule has 0 spiro atoms. The first-order valence-corrected chi connectivity index (χ1v) is 5.62. The van der Waals surface area contributed by atoms with Crippen LogP contribution in [0.15, 0.2) is 18.2 Å². The summed E-state index contributed by atoms with van der Waals surface area (Å²) in [4.78, 5) is 13.6. The maximum Gasteiger partial charge on any atom is 0.255 e. The average molecular weight is 239 g/mol. The summed E-state index contributed by atoms with van der Waals surface area (Å²) in [5, 5.41) is 0. The van der Waals surface area contributed by atoms with E-state index in [2.05, 4.69) is 5.43 Å². The average Bonchev–Trinajstić information content (AvgIpc) is 2.34. The number of hydrazine groups is 1. The van der Waals surface area contributed by atoms with Crippen molar-refractivity contribution >= 4 is 11.6 Å². The van der Waals surface area contributed by atoms with Gasteiger partial charge in [-0.05, 0) is 18.6 Å². The first-order chi connectivity index (χ1) is 8.11. The van der Waals surface area contributed by atoms with Crippen molar-refractivity contribution in [2.24, 2.45) is 5.84 Å². The third kappa shape index (κ3) is 3.17. The van der Waals surface area contributed by atoms with Crippen LogP contribution in [0.3, 0.4) is 0 Å². The number of carbonyl (C=O) groups is 1. The number of nitrogens with zero attached hydrogens (tertiary/aromatic N) is 1. The van der Waals surface area contributed by atoms with Crippen molar-refractivity contribution in [2.45, 2.75) is 19.8 Å². The van der Waals surface area contributed by atoms with Gasteiger partial charge in [-0.2, -0.15) is 0 Å². The maximum absolute atomic E-state index is 13.4. The Morgan fingerprint density at radius 2 is 2.24 bits per heavy atom. The fraction of sp³-hybridized carbons (Fsp3) is 0.417. The van der Waals surface area contributed by atoms with Crippen molar-refractivity contribution in [3.63, 3.8) is 0 Å². The number of rotatable bonds is 5. The van der Waals surface area contributed by atoms with Crippen LogP contribution < -0.4 is 11.3 Å². The van der Waals surface area contributed by atoms with Crippen LogP contribution >= 0.6 is 0 Å². The number of unbranched alkanes of at least 4 members (excludes halogenated alkanes) is 1. The van der Waals surface area contributed by atoms with Gasteiger partial charge in [0.25, 0.3) is 5.91 Å². The van der Waals surface area contributed by atoms with Crippen molar-refractivity contribution in [1.82, 2.24) is 4.90 Å². The number of amides is 1. The summed E-state index contributed by atoms with van der Waals surface area (Å²) in [5.74, 6) is 4.47. The number of nitrogens with one attached hydrogen (secondary N) is 1. The molecule has 0 saturated heterocycles. The van der Waals surface area contributed by atoms with Gasteiger partial charge in [0, 0.05) is 13.6 Å². The largest absolute Gasteiger partial charge is 0.342 e. The van der Waals surface area contributed by atoms with Gasteiger partial charge in [0.15, 0.2) is 0 Å². The van der Waals surface area contributed by atoms with E-state index in [1.807, 2.05) is 6.92 Å². The molecule has 0 aliphatic rings. The Labute approximate surface area is 101 Å². The highest BCUT2D eigenvalue weighted by molar-refractivity contribution is 5.99. The standard InChI is InChI=1S/C12H18FN3O/c1-3-4-8-16(2)12(17)9-6-5-7-10(13)11(9)15-14/h5-7,15H,3-4,8,14H2,1-2H3. The van der Waals surface area contributed by atoms with Crippen LogP contribution in [0.2, 0.25) is 0 Å². The Morgan fingerprint density at radius 1 is 1.53 bits per heavy atom. The minimum atomic E-state index is -0.526. The predicted octanol–water partition coefficient (Wildman–Crippen LogP) is 1.98. The number of anilines is 1. The van der Waals surface area contributed by atoms with Crippen molar-refractivity contribution in [2.75, 3.05) is 19.0 Å². The molecule has 0 fully saturated rings. The number of halogens is 1. The van der Waals surface area contributed by atoms with Crippen LogP contribution in [-0.4, -0.2) is 24.4 Å². The number of nitrogens with two attached hydrogens (primary N) is 1. The summed E-state index contributed by atoms with van der Waals surface area (Å²) in [6, 6.07) is 4.32. The van der Waals surface area contributed by atoms with Crippen molar-refractivity contribution in [3.8, 4) is 0 Å². The lowest BCUT2D eigenvalue weighted by Crippen LogP contribution is -2.29. The van der Waals surface area contributed by atoms with Gasteiger partial charge in [0.05, 0.1) is 11.3 Å². The van der Waals surface area contributed by atoms with E-state index in [0.717, 1.165) is 12.8 Å². The van der Waals surface area contributed by atoms with E-state index >= 15 is 0 Å². The fourth-order valence-electron chi connectivity index (χ4n) is 1.55. The Kier molecular flexibility index (Phi) is 4.90. The topological polar surface area (TPSA) is 58.4 Å². The zero-order chi connectivity index (χ0) is 12.8. The highest BCUT2D eigenvalue weighted by atomic mass is 19.1. The highest BCUT2D eigenvalue weighted by Crippen LogP contribution is 2.20. The maximum atomic E-state index is 13.4. The summed E-state index contributed by atoms with van der Waals surface area (Å²) >= 11 is 0. The molecule has 0 saturated carbocycles. The lowest BCUT2D eigenvalue weighted by molar-refractivity contribution is 0.0794. The molecule has 1 aromatic carbocycles. The summed E-state index contributed by atoms with van der Waals surface area (Å²) in [6.07, 6.45) is 1.92. The Morgan fingerprint density at radius 3 is 2.82 bits per heavy atom. The minimum Gasteiger partial charge on any atom is -0.342 e. The normalized spacial score (nSPS) is 10.1. The van der Waals surface area contributed by atoms with E-state index in [-0.39, 0.29) is 17.2 Å². The van der Waals surface area contributed by atoms with Crippen LogP contribution in [0.5, 0.6) is 0 Å². The Hall–Kier alpha value is -1.62. The van der Waals surface area contributed by atoms with Gasteiger partial charge in [-0.3, -0.25) is 10.6 Å². The van der Waals surface area contributed by atoms with E-state index in [9.17, 15) is 9.18 Å². The van der Waals surface area contributed by atoms with Gasteiger partial charge in [-0.1, -0.05) is 19.4 Å². The highest BCUT2D eigenvalue weighted by Gasteiger charge is 2.17. The number of hydrogen-bond acceptors (Lipinski definition) is 3. The molecule has 0 aliphatic carbocycles. The molecule has 5 heteroatoms. The molecule has 0 heterocycles. The molecule has 94 valence electrons. The van der Waals surface area contributed by atoms with E-state index in [1.54, 1.807) is 18.0 Å². The third-order valence-electron chi connectivity index (χ3n) is 2.58. The molecule has 0 unspecified atom stereocenters. The van der Waals surface area contributed by atoms with Gasteiger partial charge in [-0.25, -0.2) is 4.39 Å². The van der Waals surface area contributed by atoms with Crippen LogP contribution in [-0.2, 0) is 0 Å². The molecule has 0 radical (unpaired) electrons. The van der Waals surface area contributed by atoms with Crippen molar-refractivity contribution < 1.29 is 9.18 Å². The fourth-order valence-corrected chi connectivity index (χ4v) is 1.55. The van der Waals surface area contributed by atoms with E-state index in [1.165, 1.54) is 12.1 Å². The Bertz CT molecular complexity index is 395. The molecule has 3 N–H and O–H groups in total. The zero-order valence-corrected chi connectivity index (χ0v) is 10.2. The molecule has 0 aliphatic heterocycles. The predicted molar refractivity (Wildman–Crippen MR) is 66.1 cm³/mol. The van der Waals surface area contributed by atoms with Gasteiger partial charge in [0.2, 0.25) is 0 Å². The molecule has 0 bridgehead atoms. The summed E-state index contributed by atoms with van der Waals surface area (Å²) in [5.41, 5.74) is 2.53. The molecule has 0 atom stereocenters. The first-order valence-electron chi connectivity index (χ1n) is 5.62.